The molecule has 110 valence electrons. The maximum Gasteiger partial charge on any atom is 0.307 e. The minimum atomic E-state index is -3.48. The zero-order chi connectivity index (χ0) is 14.6. The third kappa shape index (κ3) is 4.05. The lowest BCUT2D eigenvalue weighted by atomic mass is 9.83. The van der Waals surface area contributed by atoms with Crippen molar-refractivity contribution in [3.8, 4) is 0 Å². The Morgan fingerprint density at radius 3 is 2.40 bits per heavy atom. The maximum atomic E-state index is 12.0. The summed E-state index contributed by atoms with van der Waals surface area (Å²) in [5.41, 5.74) is 0.589. The van der Waals surface area contributed by atoms with Crippen LogP contribution in [0.15, 0.2) is 29.2 Å². The van der Waals surface area contributed by atoms with E-state index in [1.165, 1.54) is 43.5 Å². The lowest BCUT2D eigenvalue weighted by Crippen LogP contribution is -2.27. The Hall–Kier alpha value is -1.40. The molecule has 0 unspecified atom stereocenters. The van der Waals surface area contributed by atoms with Gasteiger partial charge in [-0.1, -0.05) is 31.4 Å². The molecule has 1 aromatic carbocycles. The molecular weight excluding hydrogens is 278 g/mol. The number of sulfonamides is 1. The predicted octanol–water partition coefficient (Wildman–Crippen LogP) is 1.78. The van der Waals surface area contributed by atoms with Crippen LogP contribution >= 0.6 is 0 Å². The van der Waals surface area contributed by atoms with E-state index in [1.54, 1.807) is 0 Å². The second-order valence-electron chi connectivity index (χ2n) is 5.20. The van der Waals surface area contributed by atoms with Crippen LogP contribution in [0.25, 0.3) is 0 Å². The maximum absolute atomic E-state index is 12.0. The fraction of sp³-hybridized carbons (Fsp3) is 0.500. The molecule has 0 aliphatic heterocycles. The van der Waals surface area contributed by atoms with Crippen molar-refractivity contribution < 1.29 is 18.3 Å². The summed E-state index contributed by atoms with van der Waals surface area (Å²) in [5, 5.41) is 8.66. The Morgan fingerprint density at radius 2 is 1.90 bits per heavy atom. The summed E-state index contributed by atoms with van der Waals surface area (Å²) < 4.78 is 26.6. The van der Waals surface area contributed by atoms with E-state index in [0.717, 1.165) is 6.42 Å². The quantitative estimate of drug-likeness (QED) is 0.803. The average Bonchev–Trinajstić information content (AvgIpc) is 2.32. The van der Waals surface area contributed by atoms with Gasteiger partial charge in [0.25, 0.3) is 0 Å². The van der Waals surface area contributed by atoms with Gasteiger partial charge in [-0.3, -0.25) is 4.79 Å². The second-order valence-corrected chi connectivity index (χ2v) is 6.96. The fourth-order valence-corrected chi connectivity index (χ4v) is 3.27. The summed E-state index contributed by atoms with van der Waals surface area (Å²) in [7, 11) is -3.48. The molecule has 1 aliphatic carbocycles. The molecule has 1 fully saturated rings. The van der Waals surface area contributed by atoms with Crippen LogP contribution < -0.4 is 4.72 Å². The summed E-state index contributed by atoms with van der Waals surface area (Å²) in [5.74, 6) is -0.269. The minimum Gasteiger partial charge on any atom is -0.481 e. The molecule has 5 nitrogen and oxygen atoms in total. The van der Waals surface area contributed by atoms with Gasteiger partial charge in [0.1, 0.15) is 0 Å². The standard InChI is InChI=1S/C14H19NO4S/c16-14(17)10-12-4-6-13(7-5-12)20(18,19)15-9-8-11-2-1-3-11/h4-7,11,15H,1-3,8-10H2,(H,16,17). The Labute approximate surface area is 119 Å². The van der Waals surface area contributed by atoms with Gasteiger partial charge in [-0.2, -0.15) is 0 Å². The van der Waals surface area contributed by atoms with Crippen molar-refractivity contribution in [2.75, 3.05) is 6.54 Å². The fourth-order valence-electron chi connectivity index (χ4n) is 2.22. The zero-order valence-electron chi connectivity index (χ0n) is 11.2. The van der Waals surface area contributed by atoms with E-state index in [9.17, 15) is 13.2 Å². The van der Waals surface area contributed by atoms with Crippen LogP contribution in [-0.2, 0) is 21.2 Å². The molecule has 2 N–H and O–H groups in total. The van der Waals surface area contributed by atoms with Crippen LogP contribution in [0.3, 0.4) is 0 Å². The Bertz CT molecular complexity index is 561. The lowest BCUT2D eigenvalue weighted by molar-refractivity contribution is -0.136. The van der Waals surface area contributed by atoms with Gasteiger partial charge in [0, 0.05) is 6.54 Å². The number of nitrogens with one attached hydrogen (secondary N) is 1. The number of carboxylic acids is 1. The summed E-state index contributed by atoms with van der Waals surface area (Å²) in [6.07, 6.45) is 4.44. The number of benzene rings is 1. The van der Waals surface area contributed by atoms with Crippen LogP contribution in [0.5, 0.6) is 0 Å². The summed E-state index contributed by atoms with van der Waals surface area (Å²) in [4.78, 5) is 10.7. The third-order valence-electron chi connectivity index (χ3n) is 3.66. The Balaban J connectivity index is 1.92. The van der Waals surface area contributed by atoms with E-state index in [2.05, 4.69) is 4.72 Å². The lowest BCUT2D eigenvalue weighted by Gasteiger charge is -2.25. The zero-order valence-corrected chi connectivity index (χ0v) is 12.0. The second kappa shape index (κ2) is 6.37. The smallest absolute Gasteiger partial charge is 0.307 e. The van der Waals surface area contributed by atoms with Gasteiger partial charge in [0.05, 0.1) is 11.3 Å². The molecule has 1 aromatic rings. The molecule has 1 aliphatic rings. The number of carbonyl (C=O) groups is 1. The SMILES string of the molecule is O=C(O)Cc1ccc(S(=O)(=O)NCCC2CCC2)cc1. The van der Waals surface area contributed by atoms with Gasteiger partial charge < -0.3 is 5.11 Å². The molecule has 6 heteroatoms. The van der Waals surface area contributed by atoms with Gasteiger partial charge in [-0.25, -0.2) is 13.1 Å². The summed E-state index contributed by atoms with van der Waals surface area (Å²) >= 11 is 0. The van der Waals surface area contributed by atoms with E-state index in [4.69, 9.17) is 5.11 Å². The summed E-state index contributed by atoms with van der Waals surface area (Å²) in [6.45, 7) is 0.462. The molecule has 0 heterocycles. The van der Waals surface area contributed by atoms with Gasteiger partial charge in [-0.05, 0) is 30.0 Å². The number of hydrogen-bond donors (Lipinski definition) is 2. The highest BCUT2D eigenvalue weighted by atomic mass is 32.2. The van der Waals surface area contributed by atoms with Crippen LogP contribution in [-0.4, -0.2) is 26.0 Å². The highest BCUT2D eigenvalue weighted by Gasteiger charge is 2.19. The first-order valence-electron chi connectivity index (χ1n) is 6.78. The first-order chi connectivity index (χ1) is 9.47. The van der Waals surface area contributed by atoms with Crippen molar-refractivity contribution in [2.45, 2.75) is 37.0 Å². The van der Waals surface area contributed by atoms with Crippen molar-refractivity contribution in [1.82, 2.24) is 4.72 Å². The van der Waals surface area contributed by atoms with E-state index < -0.39 is 16.0 Å². The van der Waals surface area contributed by atoms with Gasteiger partial charge >= 0.3 is 5.97 Å². The number of carboxylic acid groups (broad SMARTS) is 1. The minimum absolute atomic E-state index is 0.102. The van der Waals surface area contributed by atoms with Crippen molar-refractivity contribution in [3.05, 3.63) is 29.8 Å². The Kier molecular flexibility index (Phi) is 4.77. The molecule has 0 saturated heterocycles. The first-order valence-corrected chi connectivity index (χ1v) is 8.26. The van der Waals surface area contributed by atoms with Gasteiger partial charge in [0.2, 0.25) is 10.0 Å². The monoisotopic (exact) mass is 297 g/mol. The predicted molar refractivity (Wildman–Crippen MR) is 74.9 cm³/mol. The molecule has 0 amide bonds. The molecule has 0 aromatic heterocycles. The van der Waals surface area contributed by atoms with Crippen LogP contribution in [0.1, 0.15) is 31.2 Å². The summed E-state index contributed by atoms with van der Waals surface area (Å²) in [6, 6.07) is 5.97. The van der Waals surface area contributed by atoms with Crippen molar-refractivity contribution >= 4 is 16.0 Å². The highest BCUT2D eigenvalue weighted by molar-refractivity contribution is 7.89. The van der Waals surface area contributed by atoms with E-state index in [-0.39, 0.29) is 11.3 Å². The van der Waals surface area contributed by atoms with Crippen molar-refractivity contribution in [3.63, 3.8) is 0 Å². The molecule has 0 radical (unpaired) electrons. The van der Waals surface area contributed by atoms with Crippen molar-refractivity contribution in [1.29, 1.82) is 0 Å². The van der Waals surface area contributed by atoms with E-state index in [0.29, 0.717) is 18.0 Å². The topological polar surface area (TPSA) is 83.5 Å². The molecule has 1 saturated carbocycles. The van der Waals surface area contributed by atoms with Crippen LogP contribution in [0, 0.1) is 5.92 Å². The molecule has 2 rings (SSSR count). The van der Waals surface area contributed by atoms with E-state index >= 15 is 0 Å². The van der Waals surface area contributed by atoms with Gasteiger partial charge in [-0.15, -0.1) is 0 Å². The molecular formula is C14H19NO4S. The largest absolute Gasteiger partial charge is 0.481 e. The van der Waals surface area contributed by atoms with Crippen LogP contribution in [0.4, 0.5) is 0 Å². The third-order valence-corrected chi connectivity index (χ3v) is 5.14. The first kappa shape index (κ1) is 15.0. The number of aliphatic carboxylic acids is 1. The van der Waals surface area contributed by atoms with Crippen molar-refractivity contribution in [2.24, 2.45) is 5.92 Å². The average molecular weight is 297 g/mol. The normalized spacial score (nSPS) is 15.8. The van der Waals surface area contributed by atoms with Gasteiger partial charge in [0.15, 0.2) is 0 Å². The molecule has 0 atom stereocenters. The molecule has 0 spiro atoms. The van der Waals surface area contributed by atoms with Crippen LogP contribution in [0.2, 0.25) is 0 Å². The molecule has 20 heavy (non-hydrogen) atoms. The Morgan fingerprint density at radius 1 is 1.25 bits per heavy atom. The number of rotatable bonds is 7. The van der Waals surface area contributed by atoms with E-state index in [1.807, 2.05) is 0 Å². The highest BCUT2D eigenvalue weighted by Crippen LogP contribution is 2.28. The number of hydrogen-bond acceptors (Lipinski definition) is 3. The molecule has 0 bridgehead atoms.